The normalized spacial score (nSPS) is 11.5. The molecule has 2 aromatic carbocycles. The highest BCUT2D eigenvalue weighted by molar-refractivity contribution is 5.58. The molecule has 0 amide bonds. The van der Waals surface area contributed by atoms with Gasteiger partial charge in [-0.1, -0.05) is 26.0 Å². The third-order valence-corrected chi connectivity index (χ3v) is 5.82. The predicted octanol–water partition coefficient (Wildman–Crippen LogP) is 6.35. The first kappa shape index (κ1) is 25.1. The van der Waals surface area contributed by atoms with Gasteiger partial charge in [-0.3, -0.25) is 4.90 Å². The molecule has 2 aromatic rings. The summed E-state index contributed by atoms with van der Waals surface area (Å²) < 4.78 is 18.2. The van der Waals surface area contributed by atoms with Gasteiger partial charge in [0.25, 0.3) is 0 Å². The second-order valence-electron chi connectivity index (χ2n) is 9.16. The second-order valence-corrected chi connectivity index (χ2v) is 9.16. The number of benzene rings is 2. The number of hydrogen-bond donors (Lipinski definition) is 0. The maximum absolute atomic E-state index is 6.20. The molecule has 0 aliphatic rings. The van der Waals surface area contributed by atoms with E-state index in [9.17, 15) is 0 Å². The van der Waals surface area contributed by atoms with Crippen LogP contribution < -0.4 is 14.2 Å². The lowest BCUT2D eigenvalue weighted by Crippen LogP contribution is -2.25. The maximum Gasteiger partial charge on any atom is 0.127 e. The van der Waals surface area contributed by atoms with E-state index in [-0.39, 0.29) is 6.10 Å². The van der Waals surface area contributed by atoms with Crippen LogP contribution in [-0.2, 0) is 6.54 Å². The van der Waals surface area contributed by atoms with Crippen molar-refractivity contribution in [2.45, 2.75) is 74.0 Å². The van der Waals surface area contributed by atoms with Crippen molar-refractivity contribution in [2.24, 2.45) is 0 Å². The van der Waals surface area contributed by atoms with Gasteiger partial charge >= 0.3 is 0 Å². The summed E-state index contributed by atoms with van der Waals surface area (Å²) in [7, 11) is 3.88. The second kappa shape index (κ2) is 10.9. The molecule has 0 aliphatic carbocycles. The molecule has 0 unspecified atom stereocenters. The molecule has 0 saturated carbocycles. The van der Waals surface area contributed by atoms with Crippen LogP contribution in [-0.4, -0.2) is 38.3 Å². The van der Waals surface area contributed by atoms with Crippen LogP contribution in [0.2, 0.25) is 0 Å². The molecule has 0 radical (unpaired) electrons. The van der Waals surface area contributed by atoms with E-state index in [1.165, 1.54) is 16.7 Å². The first-order chi connectivity index (χ1) is 14.6. The lowest BCUT2D eigenvalue weighted by atomic mass is 9.96. The highest BCUT2D eigenvalue weighted by Crippen LogP contribution is 2.38. The van der Waals surface area contributed by atoms with Crippen LogP contribution in [0.15, 0.2) is 18.2 Å². The Labute approximate surface area is 189 Å². The van der Waals surface area contributed by atoms with Gasteiger partial charge in [-0.15, -0.1) is 0 Å². The summed E-state index contributed by atoms with van der Waals surface area (Å²) in [6, 6.07) is 6.47. The number of nitrogens with zero attached hydrogens (tertiary/aromatic N) is 1. The molecule has 0 heterocycles. The smallest absolute Gasteiger partial charge is 0.127 e. The third-order valence-electron chi connectivity index (χ3n) is 5.82. The highest BCUT2D eigenvalue weighted by Gasteiger charge is 2.21. The van der Waals surface area contributed by atoms with Crippen LogP contribution in [0.3, 0.4) is 0 Å². The average Bonchev–Trinajstić information content (AvgIpc) is 2.69. The van der Waals surface area contributed by atoms with Gasteiger partial charge in [0.2, 0.25) is 0 Å². The van der Waals surface area contributed by atoms with Gasteiger partial charge < -0.3 is 14.2 Å². The summed E-state index contributed by atoms with van der Waals surface area (Å²) in [4.78, 5) is 2.28. The van der Waals surface area contributed by atoms with Gasteiger partial charge in [-0.2, -0.15) is 0 Å². The summed E-state index contributed by atoms with van der Waals surface area (Å²) >= 11 is 0. The number of hydrogen-bond acceptors (Lipinski definition) is 4. The standard InChI is InChI=1S/C27H41NO3/c1-17(2)23-12-11-19(5)15-25(23)30-14-13-28(9)16-24-22(8)26(31-18(3)4)20(6)21(7)27(24)29-10/h11-12,15,17-18H,13-14,16H2,1-10H3. The average molecular weight is 428 g/mol. The fourth-order valence-corrected chi connectivity index (χ4v) is 3.94. The van der Waals surface area contributed by atoms with Crippen molar-refractivity contribution >= 4 is 0 Å². The van der Waals surface area contributed by atoms with Gasteiger partial charge in [-0.05, 0) is 88.4 Å². The molecule has 0 aliphatic heterocycles. The number of aryl methyl sites for hydroxylation is 1. The van der Waals surface area contributed by atoms with Crippen molar-refractivity contribution in [3.05, 3.63) is 51.6 Å². The van der Waals surface area contributed by atoms with Gasteiger partial charge in [0.05, 0.1) is 13.2 Å². The van der Waals surface area contributed by atoms with E-state index in [4.69, 9.17) is 14.2 Å². The minimum Gasteiger partial charge on any atom is -0.496 e. The van der Waals surface area contributed by atoms with E-state index < -0.39 is 0 Å². The third kappa shape index (κ3) is 6.16. The topological polar surface area (TPSA) is 30.9 Å². The van der Waals surface area contributed by atoms with Crippen molar-refractivity contribution in [2.75, 3.05) is 27.3 Å². The van der Waals surface area contributed by atoms with Crippen molar-refractivity contribution < 1.29 is 14.2 Å². The lowest BCUT2D eigenvalue weighted by Gasteiger charge is -2.26. The molecule has 172 valence electrons. The zero-order chi connectivity index (χ0) is 23.3. The Morgan fingerprint density at radius 2 is 1.55 bits per heavy atom. The molecule has 4 heteroatoms. The highest BCUT2D eigenvalue weighted by atomic mass is 16.5. The van der Waals surface area contributed by atoms with E-state index in [0.717, 1.165) is 47.0 Å². The van der Waals surface area contributed by atoms with Crippen LogP contribution in [0.4, 0.5) is 0 Å². The number of ether oxygens (including phenoxy) is 3. The molecular weight excluding hydrogens is 386 g/mol. The summed E-state index contributed by atoms with van der Waals surface area (Å²) in [6.45, 7) is 19.2. The van der Waals surface area contributed by atoms with E-state index >= 15 is 0 Å². The van der Waals surface area contributed by atoms with E-state index in [1.807, 2.05) is 0 Å². The van der Waals surface area contributed by atoms with Gasteiger partial charge in [-0.25, -0.2) is 0 Å². The SMILES string of the molecule is COc1c(C)c(C)c(OC(C)C)c(C)c1CN(C)CCOc1cc(C)ccc1C(C)C. The van der Waals surface area contributed by atoms with Crippen LogP contribution in [0, 0.1) is 27.7 Å². The van der Waals surface area contributed by atoms with Gasteiger partial charge in [0.1, 0.15) is 23.9 Å². The fourth-order valence-electron chi connectivity index (χ4n) is 3.94. The van der Waals surface area contributed by atoms with Crippen LogP contribution in [0.1, 0.15) is 67.0 Å². The largest absolute Gasteiger partial charge is 0.496 e. The van der Waals surface area contributed by atoms with E-state index in [2.05, 4.69) is 85.5 Å². The quantitative estimate of drug-likeness (QED) is 0.442. The maximum atomic E-state index is 6.20. The molecule has 4 nitrogen and oxygen atoms in total. The molecule has 31 heavy (non-hydrogen) atoms. The zero-order valence-corrected chi connectivity index (χ0v) is 21.2. The van der Waals surface area contributed by atoms with Crippen molar-refractivity contribution in [1.29, 1.82) is 0 Å². The Balaban J connectivity index is 2.16. The Hall–Kier alpha value is -2.20. The molecule has 0 spiro atoms. The van der Waals surface area contributed by atoms with Crippen molar-refractivity contribution in [1.82, 2.24) is 4.90 Å². The summed E-state index contributed by atoms with van der Waals surface area (Å²) in [5.41, 5.74) is 7.11. The Kier molecular flexibility index (Phi) is 8.81. The van der Waals surface area contributed by atoms with Gasteiger partial charge in [0, 0.05) is 18.7 Å². The molecule has 0 atom stereocenters. The summed E-state index contributed by atoms with van der Waals surface area (Å²) in [5.74, 6) is 3.38. The predicted molar refractivity (Wildman–Crippen MR) is 130 cm³/mol. The first-order valence-corrected chi connectivity index (χ1v) is 11.3. The summed E-state index contributed by atoms with van der Waals surface area (Å²) in [5, 5.41) is 0. The number of methoxy groups -OCH3 is 1. The minimum absolute atomic E-state index is 0.133. The summed E-state index contributed by atoms with van der Waals surface area (Å²) in [6.07, 6.45) is 0.133. The molecule has 0 N–H and O–H groups in total. The minimum atomic E-state index is 0.133. The van der Waals surface area contributed by atoms with Crippen molar-refractivity contribution in [3.63, 3.8) is 0 Å². The molecular formula is C27H41NO3. The molecule has 0 saturated heterocycles. The van der Waals surface area contributed by atoms with E-state index in [1.54, 1.807) is 7.11 Å². The monoisotopic (exact) mass is 427 g/mol. The lowest BCUT2D eigenvalue weighted by molar-refractivity contribution is 0.225. The number of rotatable bonds is 10. The van der Waals surface area contributed by atoms with Crippen LogP contribution in [0.5, 0.6) is 17.2 Å². The first-order valence-electron chi connectivity index (χ1n) is 11.3. The Morgan fingerprint density at radius 3 is 2.13 bits per heavy atom. The molecule has 2 rings (SSSR count). The van der Waals surface area contributed by atoms with Gasteiger partial charge in [0.15, 0.2) is 0 Å². The fraction of sp³-hybridized carbons (Fsp3) is 0.556. The van der Waals surface area contributed by atoms with E-state index in [0.29, 0.717) is 12.5 Å². The molecule has 0 fully saturated rings. The zero-order valence-electron chi connectivity index (χ0n) is 21.2. The number of likely N-dealkylation sites (N-methyl/N-ethyl adjacent to an activating group) is 1. The molecule has 0 aromatic heterocycles. The molecule has 0 bridgehead atoms. The van der Waals surface area contributed by atoms with Crippen molar-refractivity contribution in [3.8, 4) is 17.2 Å². The Morgan fingerprint density at radius 1 is 0.903 bits per heavy atom. The van der Waals surface area contributed by atoms with Crippen LogP contribution in [0.25, 0.3) is 0 Å². The van der Waals surface area contributed by atoms with Crippen LogP contribution >= 0.6 is 0 Å². The Bertz CT molecular complexity index is 887.